The van der Waals surface area contributed by atoms with E-state index in [0.29, 0.717) is 12.2 Å². The van der Waals surface area contributed by atoms with Crippen LogP contribution in [0.4, 0.5) is 0 Å². The molecule has 0 unspecified atom stereocenters. The first-order chi connectivity index (χ1) is 10.1. The van der Waals surface area contributed by atoms with Crippen molar-refractivity contribution in [2.75, 3.05) is 7.05 Å². The van der Waals surface area contributed by atoms with Gasteiger partial charge in [-0.2, -0.15) is 5.10 Å². The summed E-state index contributed by atoms with van der Waals surface area (Å²) in [4.78, 5) is 19.4. The fourth-order valence-corrected chi connectivity index (χ4v) is 3.28. The molecule has 3 aromatic heterocycles. The van der Waals surface area contributed by atoms with Gasteiger partial charge in [0, 0.05) is 12.4 Å². The molecule has 0 aliphatic carbocycles. The third-order valence-corrected chi connectivity index (χ3v) is 4.72. The van der Waals surface area contributed by atoms with Gasteiger partial charge in [0.2, 0.25) is 0 Å². The molecule has 0 saturated carbocycles. The molecule has 0 spiro atoms. The van der Waals surface area contributed by atoms with E-state index in [1.54, 1.807) is 40.7 Å². The van der Waals surface area contributed by atoms with Crippen LogP contribution in [0.25, 0.3) is 10.6 Å². The summed E-state index contributed by atoms with van der Waals surface area (Å²) in [6.07, 6.45) is 0. The van der Waals surface area contributed by atoms with E-state index in [1.165, 1.54) is 0 Å². The molecule has 1 amide bonds. The highest BCUT2D eigenvalue weighted by atomic mass is 32.1. The predicted octanol–water partition coefficient (Wildman–Crippen LogP) is 3.18. The zero-order valence-corrected chi connectivity index (χ0v) is 13.3. The first kappa shape index (κ1) is 14.0. The van der Waals surface area contributed by atoms with Crippen molar-refractivity contribution in [1.29, 1.82) is 0 Å². The van der Waals surface area contributed by atoms with Gasteiger partial charge in [-0.15, -0.1) is 22.7 Å². The number of hydrogen-bond acceptors (Lipinski definition) is 5. The fraction of sp³-hybridized carbons (Fsp3) is 0.214. The predicted molar refractivity (Wildman–Crippen MR) is 84.5 cm³/mol. The van der Waals surface area contributed by atoms with Crippen LogP contribution < -0.4 is 0 Å². The summed E-state index contributed by atoms with van der Waals surface area (Å²) >= 11 is 3.20. The number of carbonyl (C=O) groups excluding carboxylic acids is 1. The number of H-pyrrole nitrogens is 1. The van der Waals surface area contributed by atoms with E-state index in [-0.39, 0.29) is 5.91 Å². The Labute approximate surface area is 130 Å². The number of aryl methyl sites for hydroxylation is 1. The number of rotatable bonds is 4. The van der Waals surface area contributed by atoms with Gasteiger partial charge in [0.05, 0.1) is 27.8 Å². The maximum atomic E-state index is 12.4. The van der Waals surface area contributed by atoms with Gasteiger partial charge in [-0.25, -0.2) is 4.98 Å². The summed E-state index contributed by atoms with van der Waals surface area (Å²) in [5.41, 5.74) is 2.20. The zero-order chi connectivity index (χ0) is 14.8. The van der Waals surface area contributed by atoms with E-state index in [1.807, 2.05) is 29.8 Å². The highest BCUT2D eigenvalue weighted by molar-refractivity contribution is 7.13. The molecule has 21 heavy (non-hydrogen) atoms. The Morgan fingerprint density at radius 2 is 2.29 bits per heavy atom. The highest BCUT2D eigenvalue weighted by Crippen LogP contribution is 2.23. The Kier molecular flexibility index (Phi) is 3.85. The minimum absolute atomic E-state index is 0.111. The number of amides is 1. The fourth-order valence-electron chi connectivity index (χ4n) is 1.98. The lowest BCUT2D eigenvalue weighted by molar-refractivity contribution is 0.0777. The largest absolute Gasteiger partial charge is 0.334 e. The van der Waals surface area contributed by atoms with E-state index < -0.39 is 0 Å². The molecule has 3 heterocycles. The van der Waals surface area contributed by atoms with Crippen molar-refractivity contribution in [3.05, 3.63) is 45.4 Å². The highest BCUT2D eigenvalue weighted by Gasteiger charge is 2.17. The molecule has 0 fully saturated rings. The molecule has 7 heteroatoms. The van der Waals surface area contributed by atoms with Crippen LogP contribution in [-0.2, 0) is 6.54 Å². The van der Waals surface area contributed by atoms with Crippen molar-refractivity contribution >= 4 is 28.6 Å². The van der Waals surface area contributed by atoms with Gasteiger partial charge in [-0.05, 0) is 24.4 Å². The van der Waals surface area contributed by atoms with Gasteiger partial charge in [0.15, 0.2) is 5.69 Å². The molecule has 0 saturated heterocycles. The average molecular weight is 318 g/mol. The maximum Gasteiger partial charge on any atom is 0.274 e. The van der Waals surface area contributed by atoms with E-state index in [0.717, 1.165) is 21.3 Å². The molecule has 3 rings (SSSR count). The Morgan fingerprint density at radius 3 is 2.95 bits per heavy atom. The van der Waals surface area contributed by atoms with E-state index >= 15 is 0 Å². The molecule has 5 nitrogen and oxygen atoms in total. The number of nitrogens with zero attached hydrogens (tertiary/aromatic N) is 3. The SMILES string of the molecule is Cc1nc(CN(C)C(=O)c2cc(-c3cccs3)[nH]n2)cs1. The molecule has 0 radical (unpaired) electrons. The van der Waals surface area contributed by atoms with Gasteiger partial charge in [0.1, 0.15) is 0 Å². The summed E-state index contributed by atoms with van der Waals surface area (Å²) in [5.74, 6) is -0.111. The van der Waals surface area contributed by atoms with E-state index in [2.05, 4.69) is 15.2 Å². The van der Waals surface area contributed by atoms with Crippen LogP contribution in [0.15, 0.2) is 29.0 Å². The first-order valence-corrected chi connectivity index (χ1v) is 8.15. The average Bonchev–Trinajstić information content (AvgIpc) is 3.18. The Morgan fingerprint density at radius 1 is 1.43 bits per heavy atom. The Bertz CT molecular complexity index is 745. The van der Waals surface area contributed by atoms with Crippen LogP contribution >= 0.6 is 22.7 Å². The molecular formula is C14H14N4OS2. The van der Waals surface area contributed by atoms with Crippen molar-refractivity contribution in [2.24, 2.45) is 0 Å². The van der Waals surface area contributed by atoms with E-state index in [4.69, 9.17) is 0 Å². The number of thiophene rings is 1. The molecule has 0 atom stereocenters. The second-order valence-electron chi connectivity index (χ2n) is 4.66. The van der Waals surface area contributed by atoms with Gasteiger partial charge in [-0.3, -0.25) is 9.89 Å². The summed E-state index contributed by atoms with van der Waals surface area (Å²) < 4.78 is 0. The molecule has 0 aliphatic heterocycles. The van der Waals surface area contributed by atoms with Crippen LogP contribution in [0.5, 0.6) is 0 Å². The number of aromatic nitrogens is 3. The minimum Gasteiger partial charge on any atom is -0.334 e. The number of nitrogens with one attached hydrogen (secondary N) is 1. The topological polar surface area (TPSA) is 61.9 Å². The molecule has 0 bridgehead atoms. The van der Waals surface area contributed by atoms with Crippen LogP contribution in [0, 0.1) is 6.92 Å². The third kappa shape index (κ3) is 3.03. The monoisotopic (exact) mass is 318 g/mol. The Hall–Kier alpha value is -1.99. The number of aromatic amines is 1. The van der Waals surface area contributed by atoms with Gasteiger partial charge >= 0.3 is 0 Å². The molecule has 0 aliphatic rings. The molecule has 1 N–H and O–H groups in total. The second-order valence-corrected chi connectivity index (χ2v) is 6.67. The number of hydrogen-bond donors (Lipinski definition) is 1. The molecule has 0 aromatic carbocycles. The van der Waals surface area contributed by atoms with Crippen molar-refractivity contribution < 1.29 is 4.79 Å². The number of carbonyl (C=O) groups is 1. The molecule has 3 aromatic rings. The summed E-state index contributed by atoms with van der Waals surface area (Å²) in [7, 11) is 1.76. The number of thiazole rings is 1. The normalized spacial score (nSPS) is 10.8. The summed E-state index contributed by atoms with van der Waals surface area (Å²) in [5, 5.41) is 12.0. The lowest BCUT2D eigenvalue weighted by Gasteiger charge is -2.13. The van der Waals surface area contributed by atoms with Crippen LogP contribution in [-0.4, -0.2) is 33.0 Å². The smallest absolute Gasteiger partial charge is 0.274 e. The molecule has 108 valence electrons. The summed E-state index contributed by atoms with van der Waals surface area (Å²) in [6, 6.07) is 5.75. The van der Waals surface area contributed by atoms with Crippen molar-refractivity contribution in [2.45, 2.75) is 13.5 Å². The second kappa shape index (κ2) is 5.79. The summed E-state index contributed by atoms with van der Waals surface area (Å²) in [6.45, 7) is 2.45. The van der Waals surface area contributed by atoms with Crippen LogP contribution in [0.2, 0.25) is 0 Å². The van der Waals surface area contributed by atoms with Crippen molar-refractivity contribution in [3.63, 3.8) is 0 Å². The first-order valence-electron chi connectivity index (χ1n) is 6.39. The maximum absolute atomic E-state index is 12.4. The standard InChI is InChI=1S/C14H14N4OS2/c1-9-15-10(8-21-9)7-18(2)14(19)12-6-11(16-17-12)13-4-3-5-20-13/h3-6,8H,7H2,1-2H3,(H,16,17). The lowest BCUT2D eigenvalue weighted by Crippen LogP contribution is -2.26. The molecular weight excluding hydrogens is 304 g/mol. The quantitative estimate of drug-likeness (QED) is 0.803. The van der Waals surface area contributed by atoms with Crippen molar-refractivity contribution in [3.8, 4) is 10.6 Å². The van der Waals surface area contributed by atoms with Gasteiger partial charge < -0.3 is 4.90 Å². The van der Waals surface area contributed by atoms with Crippen molar-refractivity contribution in [1.82, 2.24) is 20.1 Å². The van der Waals surface area contributed by atoms with Gasteiger partial charge in [-0.1, -0.05) is 6.07 Å². The van der Waals surface area contributed by atoms with E-state index in [9.17, 15) is 4.79 Å². The van der Waals surface area contributed by atoms with Crippen LogP contribution in [0.3, 0.4) is 0 Å². The third-order valence-electron chi connectivity index (χ3n) is 3.00. The van der Waals surface area contributed by atoms with Gasteiger partial charge in [0.25, 0.3) is 5.91 Å². The minimum atomic E-state index is -0.111. The zero-order valence-electron chi connectivity index (χ0n) is 11.7. The Balaban J connectivity index is 1.72. The van der Waals surface area contributed by atoms with Crippen LogP contribution in [0.1, 0.15) is 21.2 Å². The lowest BCUT2D eigenvalue weighted by atomic mass is 10.3.